The molecule has 0 spiro atoms. The minimum absolute atomic E-state index is 0. The minimum atomic E-state index is -5.41. The molecule has 0 unspecified atom stereocenters. The van der Waals surface area contributed by atoms with Crippen molar-refractivity contribution in [2.75, 3.05) is 0 Å². The van der Waals surface area contributed by atoms with Gasteiger partial charge in [0.1, 0.15) is 21.2 Å². The summed E-state index contributed by atoms with van der Waals surface area (Å²) in [5.41, 5.74) is -3.11. The third-order valence-electron chi connectivity index (χ3n) is 13.4. The van der Waals surface area contributed by atoms with Crippen molar-refractivity contribution in [2.24, 2.45) is 10.2 Å². The Bertz CT molecular complexity index is 5910. The van der Waals surface area contributed by atoms with Crippen molar-refractivity contribution in [1.82, 2.24) is 39.9 Å². The van der Waals surface area contributed by atoms with Crippen LogP contribution in [-0.2, 0) is 95.8 Å². The largest absolute Gasteiger partial charge is 2.00 e. The van der Waals surface area contributed by atoms with Gasteiger partial charge in [0.2, 0.25) is 0 Å². The van der Waals surface area contributed by atoms with Gasteiger partial charge in [-0.3, -0.25) is 27.3 Å². The van der Waals surface area contributed by atoms with Crippen LogP contribution in [0.25, 0.3) is 100 Å². The zero-order valence-corrected chi connectivity index (χ0v) is 51.7. The summed E-state index contributed by atoms with van der Waals surface area (Å²) in [6.45, 7) is 0. The number of aromatic nitrogens is 8. The molecule has 444 valence electrons. The predicted octanol–water partition coefficient (Wildman–Crippen LogP) is 5.85. The van der Waals surface area contributed by atoms with Crippen molar-refractivity contribution in [3.8, 4) is 51.3 Å². The van der Waals surface area contributed by atoms with E-state index in [0.29, 0.717) is 18.2 Å². The van der Waals surface area contributed by atoms with E-state index in [2.05, 4.69) is 50.1 Å². The first-order chi connectivity index (χ1) is 40.5. The van der Waals surface area contributed by atoms with Crippen LogP contribution in [0.15, 0.2) is 160 Å². The van der Waals surface area contributed by atoms with Crippen molar-refractivity contribution in [3.05, 3.63) is 121 Å². The molecule has 3 aromatic heterocycles. The third-order valence-corrected chi connectivity index (χ3v) is 20.2. The van der Waals surface area contributed by atoms with Crippen LogP contribution < -0.4 is 9.97 Å². The summed E-state index contributed by atoms with van der Waals surface area (Å²) < 4.78 is 237. The van der Waals surface area contributed by atoms with E-state index in [-0.39, 0.29) is 125 Å². The van der Waals surface area contributed by atoms with Crippen LogP contribution in [-0.4, -0.2) is 121 Å². The molecule has 12 rings (SSSR count). The van der Waals surface area contributed by atoms with Crippen molar-refractivity contribution in [3.63, 3.8) is 0 Å². The zero-order valence-electron chi connectivity index (χ0n) is 43.1. The van der Waals surface area contributed by atoms with E-state index >= 15 is 0 Å². The third kappa shape index (κ3) is 11.2. The van der Waals surface area contributed by atoms with Gasteiger partial charge >= 0.3 is 19.5 Å². The number of rotatable bonds is 11. The number of hydrogen-bond acceptors (Lipinski definition) is 23. The maximum Gasteiger partial charge on any atom is 2.00 e. The molecule has 0 fully saturated rings. The van der Waals surface area contributed by atoms with E-state index in [1.165, 1.54) is 30.3 Å². The fourth-order valence-electron chi connectivity index (χ4n) is 9.40. The number of nitrogens with zero attached hydrogens (tertiary/aromatic N) is 10. The molecule has 39 heteroatoms. The smallest absolute Gasteiger partial charge is 0.505 e. The number of phenols is 1. The Morgan fingerprint density at radius 1 is 0.364 bits per heavy atom. The molecule has 0 saturated carbocycles. The Balaban J connectivity index is 0.00000800. The van der Waals surface area contributed by atoms with Gasteiger partial charge in [-0.15, -0.1) is 10.2 Å². The van der Waals surface area contributed by atoms with Crippen LogP contribution in [0, 0.1) is 0 Å². The molecule has 0 amide bonds. The topological polar surface area (TPSA) is 511 Å². The van der Waals surface area contributed by atoms with E-state index < -0.39 is 128 Å². The van der Waals surface area contributed by atoms with Crippen LogP contribution in [0.2, 0.25) is 0 Å². The first-order valence-corrected chi connectivity index (χ1v) is 34.0. The quantitative estimate of drug-likeness (QED) is 0.0453. The summed E-state index contributed by atoms with van der Waals surface area (Å²) in [6.07, 6.45) is 0. The van der Waals surface area contributed by atoms with Crippen molar-refractivity contribution < 1.29 is 111 Å². The molecule has 5 heterocycles. The summed E-state index contributed by atoms with van der Waals surface area (Å²) >= 11 is 0. The summed E-state index contributed by atoms with van der Waals surface area (Å²) in [6, 6.07) is 19.1. The van der Waals surface area contributed by atoms with Crippen molar-refractivity contribution in [1.29, 1.82) is 0 Å². The van der Waals surface area contributed by atoms with Gasteiger partial charge in [0.05, 0.1) is 53.5 Å². The second-order valence-corrected chi connectivity index (χ2v) is 29.3. The van der Waals surface area contributed by atoms with Gasteiger partial charge in [0, 0.05) is 50.2 Å². The van der Waals surface area contributed by atoms with Gasteiger partial charge in [-0.05, 0) is 111 Å². The molecule has 88 heavy (non-hydrogen) atoms. The molecule has 0 saturated heterocycles. The van der Waals surface area contributed by atoms with E-state index in [1.54, 1.807) is 0 Å². The maximum atomic E-state index is 14.5. The van der Waals surface area contributed by atoms with Gasteiger partial charge in [-0.1, -0.05) is 36.4 Å². The first-order valence-electron chi connectivity index (χ1n) is 23.7. The Morgan fingerprint density at radius 3 is 1.24 bits per heavy atom. The number of phenolic OH excluding ortho intramolecular Hbond substituents is 1. The molecule has 0 radical (unpaired) electrons. The van der Waals surface area contributed by atoms with Crippen molar-refractivity contribution >= 4 is 137 Å². The summed E-state index contributed by atoms with van der Waals surface area (Å²) in [5, 5.41) is 17.9. The first kappa shape index (κ1) is 61.2. The van der Waals surface area contributed by atoms with Crippen molar-refractivity contribution in [2.45, 2.75) is 40.0 Å². The fourth-order valence-corrected chi connectivity index (χ4v) is 14.0. The molecular formula is C49H28N10O21S7Zn. The molecule has 7 N–H and O–H groups in total. The molecule has 31 nitrogen and oxygen atoms in total. The van der Waals surface area contributed by atoms with Gasteiger partial charge in [0.25, 0.3) is 60.7 Å². The molecule has 8 bridgehead atoms. The standard InChI is InChI=1S/C49H28N10O21S7.Zn/c60-41-28-7-1-21(13-22(28)14-39(87(78,79)80)40(41)59-58-37-19-27(85(72,73)74)6-12-38(37)86(75,76)77)20-81(61,62)23-2-8-29-33(15-23)46-51-42(29)50-43-30-9-3-24(82(63,64)65)16-34(30)47(52-43)53-44-31-10-4-25(83(66,67)68)17-35(31)48(54-44)55-45-32-11-5-26(84(69,70)71)18-36(32)49(56-45)57-46;/h1-19H,20H2,(H7-2,50,51,52,53,54,55,56,57,58,59,60,63,64,65,66,67,68,69,70,71,72,73,74,75,76,77,78,79,80);/q-2;+2. The molecule has 10 aromatic rings. The molecule has 0 atom stereocenters. The molecule has 2 aliphatic heterocycles. The fraction of sp³-hybridized carbons (Fsp3) is 0.0204. The average molecular weight is 1380 g/mol. The van der Waals surface area contributed by atoms with Crippen LogP contribution >= 0.6 is 0 Å². The van der Waals surface area contributed by atoms with Gasteiger partial charge < -0.3 is 35.0 Å². The number of sulfone groups is 1. The average Bonchev–Trinajstić information content (AvgIpc) is 1.59. The normalized spacial score (nSPS) is 13.2. The van der Waals surface area contributed by atoms with E-state index in [4.69, 9.17) is 0 Å². The summed E-state index contributed by atoms with van der Waals surface area (Å²) in [7, 11) is -34.8. The number of fused-ring (bicyclic) bond motifs is 21. The predicted molar refractivity (Wildman–Crippen MR) is 300 cm³/mol. The minimum Gasteiger partial charge on any atom is -0.505 e. The Labute approximate surface area is 506 Å². The summed E-state index contributed by atoms with van der Waals surface area (Å²) in [5.74, 6) is -2.97. The Hall–Kier alpha value is -8.41. The van der Waals surface area contributed by atoms with Gasteiger partial charge in [-0.2, -0.15) is 50.5 Å². The second kappa shape index (κ2) is 20.9. The molecule has 7 aromatic carbocycles. The SMILES string of the molecule is O=S(=O)(O)c1ccc(S(=O)(=O)O)c(N=Nc2c(S(=O)(=O)O)cc3cc(CS(=O)(=O)c4ccc5c(c4)-c4nc-5nc5[n-]c(nc6nc(nc7[n-]c(n4)c4cc(S(=O)(=O)O)ccc74)-c4cc(S(=O)(=O)O)ccc4-6)c4cc(S(=O)(=O)O)ccc54)ccc3c2O)c1.[Zn+2]. The summed E-state index contributed by atoms with van der Waals surface area (Å²) in [4.78, 5) is 31.3. The Morgan fingerprint density at radius 2 is 0.761 bits per heavy atom. The molecule has 0 aliphatic carbocycles. The van der Waals surface area contributed by atoms with Crippen LogP contribution in [0.1, 0.15) is 5.56 Å². The van der Waals surface area contributed by atoms with E-state index in [0.717, 1.165) is 66.7 Å². The Kier molecular flexibility index (Phi) is 14.5. The number of benzene rings is 7. The monoisotopic (exact) mass is 1380 g/mol. The zero-order chi connectivity index (χ0) is 62.5. The van der Waals surface area contributed by atoms with E-state index in [9.17, 15) is 91.3 Å². The molecular weight excluding hydrogens is 1350 g/mol. The van der Waals surface area contributed by atoms with Crippen LogP contribution in [0.3, 0.4) is 0 Å². The van der Waals surface area contributed by atoms with Gasteiger partial charge in [0.15, 0.2) is 15.6 Å². The van der Waals surface area contributed by atoms with E-state index in [1.807, 2.05) is 0 Å². The molecule has 2 aliphatic rings. The number of hydrogen-bond donors (Lipinski definition) is 7. The van der Waals surface area contributed by atoms with Gasteiger partial charge in [-0.25, -0.2) is 18.4 Å². The maximum absolute atomic E-state index is 14.5. The number of azo groups is 1. The number of aromatic hydroxyl groups is 1. The second-order valence-electron chi connectivity index (χ2n) is 18.9. The van der Waals surface area contributed by atoms with Crippen LogP contribution in [0.4, 0.5) is 11.4 Å². The van der Waals surface area contributed by atoms with Crippen LogP contribution in [0.5, 0.6) is 5.75 Å².